The number of furan rings is 2. The summed E-state index contributed by atoms with van der Waals surface area (Å²) < 4.78 is 10.5. The molecule has 2 heterocycles. The first kappa shape index (κ1) is 12.9. The number of hydrogen-bond acceptors (Lipinski definition) is 5. The van der Waals surface area contributed by atoms with E-state index in [4.69, 9.17) is 8.83 Å². The Bertz CT molecular complexity index is 596. The van der Waals surface area contributed by atoms with Crippen molar-refractivity contribution in [3.8, 4) is 0 Å². The summed E-state index contributed by atoms with van der Waals surface area (Å²) in [4.78, 5) is 13.5. The molecule has 0 radical (unpaired) electrons. The number of carbonyl (C=O) groups is 1. The van der Waals surface area contributed by atoms with Crippen molar-refractivity contribution in [1.29, 1.82) is 0 Å². The fourth-order valence-corrected chi connectivity index (χ4v) is 1.49. The van der Waals surface area contributed by atoms with Gasteiger partial charge < -0.3 is 13.7 Å². The van der Waals surface area contributed by atoms with Gasteiger partial charge in [-0.3, -0.25) is 4.79 Å². The Kier molecular flexibility index (Phi) is 3.70. The summed E-state index contributed by atoms with van der Waals surface area (Å²) in [7, 11) is 3.76. The molecule has 0 bridgehead atoms. The van der Waals surface area contributed by atoms with Crippen LogP contribution in [0.3, 0.4) is 0 Å². The third-order valence-corrected chi connectivity index (χ3v) is 2.51. The predicted molar refractivity (Wildman–Crippen MR) is 71.5 cm³/mol. The van der Waals surface area contributed by atoms with Crippen LogP contribution < -0.4 is 10.3 Å². The van der Waals surface area contributed by atoms with Crippen LogP contribution in [0.1, 0.15) is 21.9 Å². The van der Waals surface area contributed by atoms with Crippen LogP contribution in [-0.4, -0.2) is 26.2 Å². The third kappa shape index (κ3) is 3.04. The first-order chi connectivity index (χ1) is 9.08. The van der Waals surface area contributed by atoms with E-state index in [1.807, 2.05) is 25.1 Å². The molecule has 6 heteroatoms. The SMILES string of the molecule is Cc1occc1C(=O)N/N=C\c1ccc(N(C)C)o1. The highest BCUT2D eigenvalue weighted by atomic mass is 16.4. The Balaban J connectivity index is 1.96. The highest BCUT2D eigenvalue weighted by Crippen LogP contribution is 2.14. The summed E-state index contributed by atoms with van der Waals surface area (Å²) >= 11 is 0. The lowest BCUT2D eigenvalue weighted by Crippen LogP contribution is -2.17. The fraction of sp³-hybridized carbons (Fsp3) is 0.231. The van der Waals surface area contributed by atoms with Gasteiger partial charge in [0.15, 0.2) is 5.88 Å². The largest absolute Gasteiger partial charge is 0.469 e. The van der Waals surface area contributed by atoms with Crippen molar-refractivity contribution in [2.45, 2.75) is 6.92 Å². The zero-order valence-corrected chi connectivity index (χ0v) is 11.0. The van der Waals surface area contributed by atoms with Gasteiger partial charge in [0.2, 0.25) is 0 Å². The molecule has 1 amide bonds. The van der Waals surface area contributed by atoms with E-state index in [0.29, 0.717) is 17.1 Å². The predicted octanol–water partition coefficient (Wildman–Crippen LogP) is 2.01. The molecular formula is C13H15N3O3. The van der Waals surface area contributed by atoms with E-state index in [1.54, 1.807) is 19.1 Å². The van der Waals surface area contributed by atoms with E-state index in [2.05, 4.69) is 10.5 Å². The van der Waals surface area contributed by atoms with Gasteiger partial charge in [0.1, 0.15) is 11.5 Å². The molecule has 0 unspecified atom stereocenters. The molecule has 0 atom stereocenters. The first-order valence-electron chi connectivity index (χ1n) is 5.72. The van der Waals surface area contributed by atoms with Crippen LogP contribution in [0, 0.1) is 6.92 Å². The average Bonchev–Trinajstić information content (AvgIpc) is 2.97. The summed E-state index contributed by atoms with van der Waals surface area (Å²) in [5, 5.41) is 3.83. The van der Waals surface area contributed by atoms with Crippen LogP contribution >= 0.6 is 0 Å². The molecule has 0 fully saturated rings. The van der Waals surface area contributed by atoms with Crippen molar-refractivity contribution < 1.29 is 13.6 Å². The Morgan fingerprint density at radius 3 is 2.74 bits per heavy atom. The lowest BCUT2D eigenvalue weighted by Gasteiger charge is -2.05. The molecule has 1 N–H and O–H groups in total. The number of nitrogens with zero attached hydrogens (tertiary/aromatic N) is 2. The summed E-state index contributed by atoms with van der Waals surface area (Å²) in [5.74, 6) is 1.52. The second-order valence-corrected chi connectivity index (χ2v) is 4.16. The number of amides is 1. The van der Waals surface area contributed by atoms with Crippen molar-refractivity contribution in [3.05, 3.63) is 41.5 Å². The third-order valence-electron chi connectivity index (χ3n) is 2.51. The number of nitrogens with one attached hydrogen (secondary N) is 1. The molecule has 100 valence electrons. The summed E-state index contributed by atoms with van der Waals surface area (Å²) in [5.41, 5.74) is 2.87. The minimum Gasteiger partial charge on any atom is -0.469 e. The van der Waals surface area contributed by atoms with Gasteiger partial charge in [-0.15, -0.1) is 0 Å². The average molecular weight is 261 g/mol. The molecule has 6 nitrogen and oxygen atoms in total. The van der Waals surface area contributed by atoms with E-state index < -0.39 is 0 Å². The Hall–Kier alpha value is -2.50. The van der Waals surface area contributed by atoms with Crippen molar-refractivity contribution in [2.24, 2.45) is 5.10 Å². The van der Waals surface area contributed by atoms with Crippen molar-refractivity contribution in [3.63, 3.8) is 0 Å². The van der Waals surface area contributed by atoms with Crippen LogP contribution in [0.5, 0.6) is 0 Å². The number of carbonyl (C=O) groups excluding carboxylic acids is 1. The van der Waals surface area contributed by atoms with Crippen molar-refractivity contribution in [2.75, 3.05) is 19.0 Å². The smallest absolute Gasteiger partial charge is 0.274 e. The van der Waals surface area contributed by atoms with E-state index >= 15 is 0 Å². The maximum absolute atomic E-state index is 11.7. The van der Waals surface area contributed by atoms with E-state index in [9.17, 15) is 4.79 Å². The molecule has 2 aromatic rings. The lowest BCUT2D eigenvalue weighted by molar-refractivity contribution is 0.0953. The van der Waals surface area contributed by atoms with E-state index in [-0.39, 0.29) is 5.91 Å². The number of anilines is 1. The lowest BCUT2D eigenvalue weighted by atomic mass is 10.2. The Morgan fingerprint density at radius 1 is 1.37 bits per heavy atom. The van der Waals surface area contributed by atoms with Crippen LogP contribution in [0.15, 0.2) is 38.4 Å². The maximum Gasteiger partial charge on any atom is 0.274 e. The Labute approximate surface area is 110 Å². The highest BCUT2D eigenvalue weighted by molar-refractivity contribution is 5.95. The normalized spacial score (nSPS) is 10.9. The zero-order chi connectivity index (χ0) is 13.8. The molecule has 0 aliphatic rings. The molecule has 0 aliphatic heterocycles. The van der Waals surface area contributed by atoms with Crippen molar-refractivity contribution >= 4 is 18.0 Å². The van der Waals surface area contributed by atoms with Gasteiger partial charge in [-0.05, 0) is 19.1 Å². The molecule has 0 aliphatic carbocycles. The summed E-state index contributed by atoms with van der Waals surface area (Å²) in [6.45, 7) is 1.72. The number of rotatable bonds is 4. The molecule has 2 rings (SSSR count). The van der Waals surface area contributed by atoms with Crippen LogP contribution in [0.4, 0.5) is 5.88 Å². The molecule has 0 spiro atoms. The molecule has 0 aromatic carbocycles. The fourth-order valence-electron chi connectivity index (χ4n) is 1.49. The van der Waals surface area contributed by atoms with Gasteiger partial charge in [0.25, 0.3) is 5.91 Å². The van der Waals surface area contributed by atoms with Gasteiger partial charge >= 0.3 is 0 Å². The van der Waals surface area contributed by atoms with Gasteiger partial charge in [-0.1, -0.05) is 0 Å². The maximum atomic E-state index is 11.7. The quantitative estimate of drug-likeness (QED) is 0.675. The molecule has 2 aromatic heterocycles. The van der Waals surface area contributed by atoms with Crippen molar-refractivity contribution in [1.82, 2.24) is 5.43 Å². The minimum absolute atomic E-state index is 0.318. The van der Waals surface area contributed by atoms with Crippen LogP contribution in [0.25, 0.3) is 0 Å². The first-order valence-corrected chi connectivity index (χ1v) is 5.72. The monoisotopic (exact) mass is 261 g/mol. The number of aryl methyl sites for hydroxylation is 1. The van der Waals surface area contributed by atoms with E-state index in [0.717, 1.165) is 5.88 Å². The second kappa shape index (κ2) is 5.43. The molecule has 19 heavy (non-hydrogen) atoms. The molecule has 0 saturated carbocycles. The van der Waals surface area contributed by atoms with Gasteiger partial charge in [0, 0.05) is 20.2 Å². The van der Waals surface area contributed by atoms with Gasteiger partial charge in [-0.2, -0.15) is 5.10 Å². The molecular weight excluding hydrogens is 246 g/mol. The van der Waals surface area contributed by atoms with Crippen LogP contribution in [0.2, 0.25) is 0 Å². The number of hydrazone groups is 1. The number of hydrogen-bond donors (Lipinski definition) is 1. The van der Waals surface area contributed by atoms with Gasteiger partial charge in [-0.25, -0.2) is 5.43 Å². The summed E-state index contributed by atoms with van der Waals surface area (Å²) in [6.07, 6.45) is 2.91. The van der Waals surface area contributed by atoms with Gasteiger partial charge in [0.05, 0.1) is 18.0 Å². The molecule has 0 saturated heterocycles. The summed E-state index contributed by atoms with van der Waals surface area (Å²) in [6, 6.07) is 5.19. The standard InChI is InChI=1S/C13H15N3O3/c1-9-11(6-7-18-9)13(17)15-14-8-10-4-5-12(19-10)16(2)3/h4-8H,1-3H3,(H,15,17)/b14-8-. The minimum atomic E-state index is -0.318. The van der Waals surface area contributed by atoms with Crippen LogP contribution in [-0.2, 0) is 0 Å². The second-order valence-electron chi connectivity index (χ2n) is 4.16. The highest BCUT2D eigenvalue weighted by Gasteiger charge is 2.10. The zero-order valence-electron chi connectivity index (χ0n) is 11.0. The topological polar surface area (TPSA) is 71.0 Å². The van der Waals surface area contributed by atoms with E-state index in [1.165, 1.54) is 12.5 Å². The Morgan fingerprint density at radius 2 is 2.16 bits per heavy atom.